The number of amides is 1. The molecule has 0 aromatic heterocycles. The first kappa shape index (κ1) is 19.2. The second-order valence-electron chi connectivity index (χ2n) is 7.73. The van der Waals surface area contributed by atoms with Crippen LogP contribution in [0, 0.1) is 11.6 Å². The standard InChI is InChI=1S/C20H29F2N3O/c1-23-10-7-18(8-11-23)24(2)17-5-6-20(26)25(12-9-17)14-15-3-4-16(21)13-19(15)22/h3-4,13,17-18H,5-12,14H2,1-2H3. The highest BCUT2D eigenvalue weighted by Gasteiger charge is 2.30. The van der Waals surface area contributed by atoms with Crippen LogP contribution in [0.5, 0.6) is 0 Å². The Bertz CT molecular complexity index is 631. The Morgan fingerprint density at radius 1 is 1.08 bits per heavy atom. The van der Waals surface area contributed by atoms with Gasteiger partial charge in [0.1, 0.15) is 11.6 Å². The highest BCUT2D eigenvalue weighted by molar-refractivity contribution is 5.76. The summed E-state index contributed by atoms with van der Waals surface area (Å²) in [5.74, 6) is -1.11. The van der Waals surface area contributed by atoms with Crippen LogP contribution in [0.4, 0.5) is 8.78 Å². The highest BCUT2D eigenvalue weighted by atomic mass is 19.1. The first-order valence-electron chi connectivity index (χ1n) is 9.56. The largest absolute Gasteiger partial charge is 0.338 e. The van der Waals surface area contributed by atoms with Crippen molar-refractivity contribution in [3.63, 3.8) is 0 Å². The third-order valence-electron chi connectivity index (χ3n) is 5.99. The molecule has 0 saturated carbocycles. The monoisotopic (exact) mass is 365 g/mol. The van der Waals surface area contributed by atoms with Gasteiger partial charge in [-0.05, 0) is 58.9 Å². The van der Waals surface area contributed by atoms with Gasteiger partial charge >= 0.3 is 0 Å². The Morgan fingerprint density at radius 3 is 2.42 bits per heavy atom. The number of likely N-dealkylation sites (tertiary alicyclic amines) is 2. The molecular weight excluding hydrogens is 336 g/mol. The van der Waals surface area contributed by atoms with Crippen LogP contribution >= 0.6 is 0 Å². The van der Waals surface area contributed by atoms with E-state index in [1.807, 2.05) is 0 Å². The van der Waals surface area contributed by atoms with E-state index in [1.54, 1.807) is 4.90 Å². The van der Waals surface area contributed by atoms with E-state index in [4.69, 9.17) is 0 Å². The number of nitrogens with zero attached hydrogens (tertiary/aromatic N) is 3. The molecule has 3 rings (SSSR count). The van der Waals surface area contributed by atoms with E-state index in [-0.39, 0.29) is 12.5 Å². The summed E-state index contributed by atoms with van der Waals surface area (Å²) < 4.78 is 27.0. The third kappa shape index (κ3) is 4.60. The first-order chi connectivity index (χ1) is 12.4. The lowest BCUT2D eigenvalue weighted by molar-refractivity contribution is -0.131. The number of rotatable bonds is 4. The Kier molecular flexibility index (Phi) is 6.24. The van der Waals surface area contributed by atoms with E-state index in [0.717, 1.165) is 32.0 Å². The fourth-order valence-corrected chi connectivity index (χ4v) is 4.15. The van der Waals surface area contributed by atoms with Crippen molar-refractivity contribution in [3.05, 3.63) is 35.4 Å². The number of hydrogen-bond donors (Lipinski definition) is 0. The molecule has 1 atom stereocenters. The Balaban J connectivity index is 1.60. The molecule has 0 N–H and O–H groups in total. The van der Waals surface area contributed by atoms with E-state index in [9.17, 15) is 13.6 Å². The third-order valence-corrected chi connectivity index (χ3v) is 5.99. The SMILES string of the molecule is CN1CCC(N(C)C2CCC(=O)N(Cc3ccc(F)cc3F)CC2)CC1. The van der Waals surface area contributed by atoms with Crippen molar-refractivity contribution in [2.24, 2.45) is 0 Å². The van der Waals surface area contributed by atoms with Crippen molar-refractivity contribution in [2.75, 3.05) is 33.7 Å². The number of halogens is 2. The Hall–Kier alpha value is -1.53. The van der Waals surface area contributed by atoms with Gasteiger partial charge in [-0.1, -0.05) is 6.07 Å². The molecule has 2 fully saturated rings. The molecule has 1 aromatic carbocycles. The normalized spacial score (nSPS) is 23.5. The van der Waals surface area contributed by atoms with Crippen molar-refractivity contribution >= 4 is 5.91 Å². The van der Waals surface area contributed by atoms with E-state index in [0.29, 0.717) is 30.6 Å². The molecule has 144 valence electrons. The zero-order valence-electron chi connectivity index (χ0n) is 15.8. The van der Waals surface area contributed by atoms with Gasteiger partial charge < -0.3 is 14.7 Å². The number of benzene rings is 1. The summed E-state index contributed by atoms with van der Waals surface area (Å²) >= 11 is 0. The lowest BCUT2D eigenvalue weighted by atomic mass is 9.99. The minimum absolute atomic E-state index is 0.0630. The lowest BCUT2D eigenvalue weighted by Crippen LogP contribution is -2.46. The van der Waals surface area contributed by atoms with Crippen molar-refractivity contribution in [1.82, 2.24) is 14.7 Å². The zero-order chi connectivity index (χ0) is 18.7. The second kappa shape index (κ2) is 8.44. The van der Waals surface area contributed by atoms with Gasteiger partial charge in [-0.15, -0.1) is 0 Å². The van der Waals surface area contributed by atoms with Crippen molar-refractivity contribution in [3.8, 4) is 0 Å². The summed E-state index contributed by atoms with van der Waals surface area (Å²) in [7, 11) is 4.34. The Labute approximate surface area is 154 Å². The molecule has 2 aliphatic rings. The molecule has 0 bridgehead atoms. The minimum atomic E-state index is -0.590. The highest BCUT2D eigenvalue weighted by Crippen LogP contribution is 2.24. The maximum atomic E-state index is 13.9. The topological polar surface area (TPSA) is 26.8 Å². The molecule has 0 radical (unpaired) electrons. The van der Waals surface area contributed by atoms with Crippen LogP contribution < -0.4 is 0 Å². The molecule has 2 aliphatic heterocycles. The molecule has 26 heavy (non-hydrogen) atoms. The van der Waals surface area contributed by atoms with Gasteiger partial charge in [0.25, 0.3) is 0 Å². The van der Waals surface area contributed by atoms with Gasteiger partial charge in [0.15, 0.2) is 0 Å². The molecule has 0 spiro atoms. The summed E-state index contributed by atoms with van der Waals surface area (Å²) in [6.07, 6.45) is 4.58. The van der Waals surface area contributed by atoms with Gasteiger partial charge in [-0.3, -0.25) is 4.79 Å². The molecule has 1 unspecified atom stereocenters. The van der Waals surface area contributed by atoms with Crippen LogP contribution in [0.2, 0.25) is 0 Å². The fraction of sp³-hybridized carbons (Fsp3) is 0.650. The molecule has 2 heterocycles. The summed E-state index contributed by atoms with van der Waals surface area (Å²) in [6, 6.07) is 4.53. The molecule has 1 aromatic rings. The van der Waals surface area contributed by atoms with Crippen LogP contribution in [-0.2, 0) is 11.3 Å². The van der Waals surface area contributed by atoms with E-state index >= 15 is 0 Å². The van der Waals surface area contributed by atoms with E-state index in [2.05, 4.69) is 23.9 Å². The number of piperidine rings is 1. The lowest BCUT2D eigenvalue weighted by Gasteiger charge is -2.39. The Morgan fingerprint density at radius 2 is 1.73 bits per heavy atom. The number of hydrogen-bond acceptors (Lipinski definition) is 3. The van der Waals surface area contributed by atoms with E-state index < -0.39 is 11.6 Å². The maximum Gasteiger partial charge on any atom is 0.222 e. The summed E-state index contributed by atoms with van der Waals surface area (Å²) in [4.78, 5) is 19.0. The van der Waals surface area contributed by atoms with Crippen molar-refractivity contribution < 1.29 is 13.6 Å². The van der Waals surface area contributed by atoms with Gasteiger partial charge in [0, 0.05) is 43.2 Å². The summed E-state index contributed by atoms with van der Waals surface area (Å²) in [6.45, 7) is 3.08. The zero-order valence-corrected chi connectivity index (χ0v) is 15.8. The van der Waals surface area contributed by atoms with Crippen LogP contribution in [0.1, 0.15) is 37.7 Å². The predicted molar refractivity (Wildman–Crippen MR) is 97.7 cm³/mol. The number of carbonyl (C=O) groups is 1. The van der Waals surface area contributed by atoms with Crippen LogP contribution in [0.25, 0.3) is 0 Å². The van der Waals surface area contributed by atoms with E-state index in [1.165, 1.54) is 25.0 Å². The second-order valence-corrected chi connectivity index (χ2v) is 7.73. The summed E-state index contributed by atoms with van der Waals surface area (Å²) in [5, 5.41) is 0. The van der Waals surface area contributed by atoms with Gasteiger partial charge in [0.2, 0.25) is 5.91 Å². The van der Waals surface area contributed by atoms with Gasteiger partial charge in [-0.2, -0.15) is 0 Å². The molecule has 0 aliphatic carbocycles. The first-order valence-corrected chi connectivity index (χ1v) is 9.56. The fourth-order valence-electron chi connectivity index (χ4n) is 4.15. The maximum absolute atomic E-state index is 13.9. The van der Waals surface area contributed by atoms with Crippen molar-refractivity contribution in [1.29, 1.82) is 0 Å². The molecule has 2 saturated heterocycles. The molecular formula is C20H29F2N3O. The molecule has 6 heteroatoms. The van der Waals surface area contributed by atoms with Gasteiger partial charge in [0.05, 0.1) is 0 Å². The quantitative estimate of drug-likeness (QED) is 0.821. The molecule has 4 nitrogen and oxygen atoms in total. The van der Waals surface area contributed by atoms with Crippen LogP contribution in [0.3, 0.4) is 0 Å². The predicted octanol–water partition coefficient (Wildman–Crippen LogP) is 2.87. The smallest absolute Gasteiger partial charge is 0.222 e. The minimum Gasteiger partial charge on any atom is -0.338 e. The van der Waals surface area contributed by atoms with Gasteiger partial charge in [-0.25, -0.2) is 8.78 Å². The summed E-state index contributed by atoms with van der Waals surface area (Å²) in [5.41, 5.74) is 0.377. The average Bonchev–Trinajstić information content (AvgIpc) is 2.79. The van der Waals surface area contributed by atoms with Crippen molar-refractivity contribution in [2.45, 2.75) is 50.7 Å². The molecule has 1 amide bonds. The average molecular weight is 365 g/mol. The van der Waals surface area contributed by atoms with Crippen LogP contribution in [0.15, 0.2) is 18.2 Å². The van der Waals surface area contributed by atoms with Crippen LogP contribution in [-0.4, -0.2) is 66.4 Å². The number of carbonyl (C=O) groups excluding carboxylic acids is 1.